The highest BCUT2D eigenvalue weighted by Crippen LogP contribution is 2.37. The van der Waals surface area contributed by atoms with Crippen LogP contribution in [0.1, 0.15) is 13.3 Å². The van der Waals surface area contributed by atoms with Crippen LogP contribution in [0, 0.1) is 5.82 Å². The van der Waals surface area contributed by atoms with Gasteiger partial charge in [-0.05, 0) is 28.9 Å². The molecule has 0 aliphatic heterocycles. The fraction of sp³-hybridized carbons (Fsp3) is 0.500. The number of rotatable bonds is 4. The lowest BCUT2D eigenvalue weighted by molar-refractivity contribution is -0.0726. The lowest BCUT2D eigenvalue weighted by Crippen LogP contribution is -2.52. The SMILES string of the molecule is CCOC1C(Br)CC1Oc1cc(F)c(Cl)cc1Br. The Hall–Kier alpha value is 0.160. The van der Waals surface area contributed by atoms with Crippen LogP contribution in [0.5, 0.6) is 5.75 Å². The van der Waals surface area contributed by atoms with Gasteiger partial charge in [-0.15, -0.1) is 0 Å². The highest BCUT2D eigenvalue weighted by atomic mass is 79.9. The molecule has 1 aromatic carbocycles. The zero-order chi connectivity index (χ0) is 13.3. The van der Waals surface area contributed by atoms with Crippen molar-refractivity contribution in [3.05, 3.63) is 27.4 Å². The van der Waals surface area contributed by atoms with Crippen LogP contribution >= 0.6 is 43.5 Å². The molecule has 1 aliphatic carbocycles. The first-order valence-electron chi connectivity index (χ1n) is 5.59. The van der Waals surface area contributed by atoms with Gasteiger partial charge < -0.3 is 9.47 Å². The number of ether oxygens (including phenoxy) is 2. The van der Waals surface area contributed by atoms with Gasteiger partial charge >= 0.3 is 0 Å². The van der Waals surface area contributed by atoms with E-state index in [1.165, 1.54) is 12.1 Å². The predicted molar refractivity (Wildman–Crippen MR) is 76.3 cm³/mol. The van der Waals surface area contributed by atoms with E-state index in [9.17, 15) is 4.39 Å². The molecule has 1 aromatic rings. The first kappa shape index (κ1) is 14.6. The number of alkyl halides is 1. The number of hydrogen-bond acceptors (Lipinski definition) is 2. The van der Waals surface area contributed by atoms with Gasteiger partial charge in [0.1, 0.15) is 23.8 Å². The average molecular weight is 402 g/mol. The zero-order valence-electron chi connectivity index (χ0n) is 9.63. The van der Waals surface area contributed by atoms with Gasteiger partial charge in [-0.2, -0.15) is 0 Å². The summed E-state index contributed by atoms with van der Waals surface area (Å²) in [5.74, 6) is -0.0384. The van der Waals surface area contributed by atoms with Gasteiger partial charge in [0.25, 0.3) is 0 Å². The molecule has 0 bridgehead atoms. The van der Waals surface area contributed by atoms with E-state index >= 15 is 0 Å². The molecule has 0 amide bonds. The summed E-state index contributed by atoms with van der Waals surface area (Å²) in [6.45, 7) is 2.57. The monoisotopic (exact) mass is 400 g/mol. The second-order valence-corrected chi connectivity index (χ2v) is 6.46. The number of halogens is 4. The third kappa shape index (κ3) is 3.00. The van der Waals surface area contributed by atoms with Gasteiger partial charge in [0.15, 0.2) is 0 Å². The first-order chi connectivity index (χ1) is 8.52. The normalized spacial score (nSPS) is 26.8. The third-order valence-electron chi connectivity index (χ3n) is 2.79. The van der Waals surface area contributed by atoms with Crippen LogP contribution in [0.25, 0.3) is 0 Å². The quantitative estimate of drug-likeness (QED) is 0.543. The minimum Gasteiger partial charge on any atom is -0.486 e. The van der Waals surface area contributed by atoms with Crippen LogP contribution in [0.4, 0.5) is 4.39 Å². The summed E-state index contributed by atoms with van der Waals surface area (Å²) in [7, 11) is 0. The highest BCUT2D eigenvalue weighted by molar-refractivity contribution is 9.10. The Morgan fingerprint density at radius 2 is 2.22 bits per heavy atom. The predicted octanol–water partition coefficient (Wildman–Crippen LogP) is 4.56. The molecule has 1 aliphatic rings. The van der Waals surface area contributed by atoms with Crippen molar-refractivity contribution in [3.63, 3.8) is 0 Å². The van der Waals surface area contributed by atoms with Crippen LogP contribution in [0.2, 0.25) is 5.02 Å². The third-order valence-corrected chi connectivity index (χ3v) is 4.60. The van der Waals surface area contributed by atoms with E-state index in [0.717, 1.165) is 6.42 Å². The lowest BCUT2D eigenvalue weighted by atomic mass is 9.91. The summed E-state index contributed by atoms with van der Waals surface area (Å²) < 4.78 is 25.3. The van der Waals surface area contributed by atoms with Crippen molar-refractivity contribution in [3.8, 4) is 5.75 Å². The number of hydrogen-bond donors (Lipinski definition) is 0. The molecule has 18 heavy (non-hydrogen) atoms. The topological polar surface area (TPSA) is 18.5 Å². The largest absolute Gasteiger partial charge is 0.486 e. The van der Waals surface area contributed by atoms with Gasteiger partial charge in [0, 0.05) is 23.9 Å². The molecule has 1 fully saturated rings. The minimum atomic E-state index is -0.488. The van der Waals surface area contributed by atoms with E-state index < -0.39 is 5.82 Å². The van der Waals surface area contributed by atoms with Crippen molar-refractivity contribution in [2.45, 2.75) is 30.4 Å². The fourth-order valence-corrected chi connectivity index (χ4v) is 3.40. The van der Waals surface area contributed by atoms with Crippen LogP contribution in [0.3, 0.4) is 0 Å². The van der Waals surface area contributed by atoms with Crippen LogP contribution in [0.15, 0.2) is 16.6 Å². The molecule has 0 saturated heterocycles. The van der Waals surface area contributed by atoms with E-state index in [1.54, 1.807) is 0 Å². The van der Waals surface area contributed by atoms with Crippen LogP contribution in [-0.2, 0) is 4.74 Å². The van der Waals surface area contributed by atoms with E-state index in [0.29, 0.717) is 21.7 Å². The maximum Gasteiger partial charge on any atom is 0.145 e. The molecule has 1 saturated carbocycles. The fourth-order valence-electron chi connectivity index (χ4n) is 1.80. The van der Waals surface area contributed by atoms with Crippen molar-refractivity contribution < 1.29 is 13.9 Å². The molecule has 0 spiro atoms. The second kappa shape index (κ2) is 6.07. The Morgan fingerprint density at radius 3 is 2.83 bits per heavy atom. The van der Waals surface area contributed by atoms with E-state index in [4.69, 9.17) is 21.1 Å². The summed E-state index contributed by atoms with van der Waals surface area (Å²) in [5.41, 5.74) is 0. The minimum absolute atomic E-state index is 0.000592. The number of benzene rings is 1. The van der Waals surface area contributed by atoms with Crippen LogP contribution < -0.4 is 4.74 Å². The van der Waals surface area contributed by atoms with Crippen molar-refractivity contribution in [1.82, 2.24) is 0 Å². The molecule has 0 aromatic heterocycles. The van der Waals surface area contributed by atoms with Gasteiger partial charge in [0.2, 0.25) is 0 Å². The van der Waals surface area contributed by atoms with Gasteiger partial charge in [0.05, 0.1) is 9.50 Å². The van der Waals surface area contributed by atoms with Crippen molar-refractivity contribution in [2.24, 2.45) is 0 Å². The molecule has 0 radical (unpaired) electrons. The second-order valence-electron chi connectivity index (χ2n) is 4.02. The summed E-state index contributed by atoms with van der Waals surface area (Å²) >= 11 is 12.5. The Bertz CT molecular complexity index is 444. The molecule has 6 heteroatoms. The summed E-state index contributed by atoms with van der Waals surface area (Å²) in [6, 6.07) is 2.78. The summed E-state index contributed by atoms with van der Waals surface area (Å²) in [5, 5.41) is 0.0718. The molecule has 3 atom stereocenters. The van der Waals surface area contributed by atoms with Gasteiger partial charge in [-0.3, -0.25) is 0 Å². The Kier molecular flexibility index (Phi) is 4.92. The van der Waals surface area contributed by atoms with E-state index in [-0.39, 0.29) is 17.2 Å². The van der Waals surface area contributed by atoms with Gasteiger partial charge in [-0.1, -0.05) is 27.5 Å². The van der Waals surface area contributed by atoms with Crippen molar-refractivity contribution in [2.75, 3.05) is 6.61 Å². The maximum absolute atomic E-state index is 13.4. The van der Waals surface area contributed by atoms with Crippen molar-refractivity contribution >= 4 is 43.5 Å². The lowest BCUT2D eigenvalue weighted by Gasteiger charge is -2.40. The smallest absolute Gasteiger partial charge is 0.145 e. The Morgan fingerprint density at radius 1 is 1.50 bits per heavy atom. The first-order valence-corrected chi connectivity index (χ1v) is 7.68. The van der Waals surface area contributed by atoms with Gasteiger partial charge in [-0.25, -0.2) is 4.39 Å². The molecule has 100 valence electrons. The molecule has 0 heterocycles. The van der Waals surface area contributed by atoms with E-state index in [1.807, 2.05) is 6.92 Å². The zero-order valence-corrected chi connectivity index (χ0v) is 13.6. The molecular weight excluding hydrogens is 390 g/mol. The molecule has 3 unspecified atom stereocenters. The molecule has 2 nitrogen and oxygen atoms in total. The standard InChI is InChI=1S/C12H12Br2ClFO2/c1-2-17-12-7(14)4-11(12)18-10-5-9(16)8(15)3-6(10)13/h3,5,7,11-12H,2,4H2,1H3. The molecular formula is C12H12Br2ClFO2. The maximum atomic E-state index is 13.4. The summed E-state index contributed by atoms with van der Waals surface area (Å²) in [6.07, 6.45) is 0.772. The van der Waals surface area contributed by atoms with Crippen molar-refractivity contribution in [1.29, 1.82) is 0 Å². The Balaban J connectivity index is 2.08. The highest BCUT2D eigenvalue weighted by Gasteiger charge is 2.42. The average Bonchev–Trinajstić information content (AvgIpc) is 2.32. The Labute approximate surface area is 127 Å². The van der Waals surface area contributed by atoms with Crippen LogP contribution in [-0.4, -0.2) is 23.6 Å². The summed E-state index contributed by atoms with van der Waals surface area (Å²) in [4.78, 5) is 0.290. The molecule has 0 N–H and O–H groups in total. The van der Waals surface area contributed by atoms with E-state index in [2.05, 4.69) is 31.9 Å². The molecule has 2 rings (SSSR count).